The van der Waals surface area contributed by atoms with Crippen LogP contribution in [-0.2, 0) is 4.74 Å². The predicted octanol–water partition coefficient (Wildman–Crippen LogP) is 2.16. The smallest absolute Gasteiger partial charge is 0.338 e. The maximum Gasteiger partial charge on any atom is 0.338 e. The van der Waals surface area contributed by atoms with E-state index in [9.17, 15) is 4.79 Å². The maximum absolute atomic E-state index is 11.7. The number of carbonyl (C=O) groups is 1. The van der Waals surface area contributed by atoms with E-state index in [0.717, 1.165) is 13.0 Å². The third-order valence-electron chi connectivity index (χ3n) is 2.60. The van der Waals surface area contributed by atoms with Gasteiger partial charge in [0, 0.05) is 6.54 Å². The molecule has 0 saturated heterocycles. The molecule has 1 aromatic rings. The first kappa shape index (κ1) is 16.3. The molecule has 0 bridgehead atoms. The van der Waals surface area contributed by atoms with Crippen LogP contribution in [0.3, 0.4) is 0 Å². The first-order valence-electron chi connectivity index (χ1n) is 6.78. The summed E-state index contributed by atoms with van der Waals surface area (Å²) in [6, 6.07) is 4.97. The molecule has 0 unspecified atom stereocenters. The molecule has 0 aliphatic rings. The first-order chi connectivity index (χ1) is 9.40. The molecule has 2 N–H and O–H groups in total. The Morgan fingerprint density at radius 2 is 2.05 bits per heavy atom. The number of carbonyl (C=O) groups excluding carboxylic acids is 1. The number of rotatable bonds is 7. The molecule has 1 rings (SSSR count). The van der Waals surface area contributed by atoms with Crippen molar-refractivity contribution in [1.82, 2.24) is 4.90 Å². The Hall–Kier alpha value is -1.75. The SMILES string of the molecule is CC(C)OC(=O)c1ccc(OCCCN(C)C)c(N)c1. The number of hydrogen-bond donors (Lipinski definition) is 1. The lowest BCUT2D eigenvalue weighted by Gasteiger charge is -2.13. The van der Waals surface area contributed by atoms with Gasteiger partial charge in [-0.1, -0.05) is 0 Å². The minimum Gasteiger partial charge on any atom is -0.491 e. The van der Waals surface area contributed by atoms with E-state index in [1.807, 2.05) is 27.9 Å². The molecule has 0 amide bonds. The topological polar surface area (TPSA) is 64.8 Å². The first-order valence-corrected chi connectivity index (χ1v) is 6.78. The van der Waals surface area contributed by atoms with Crippen molar-refractivity contribution in [3.05, 3.63) is 23.8 Å². The lowest BCUT2D eigenvalue weighted by atomic mass is 10.2. The molecule has 0 fully saturated rings. The van der Waals surface area contributed by atoms with Crippen LogP contribution in [0.15, 0.2) is 18.2 Å². The van der Waals surface area contributed by atoms with Crippen LogP contribution in [0.5, 0.6) is 5.75 Å². The van der Waals surface area contributed by atoms with Crippen LogP contribution in [0.2, 0.25) is 0 Å². The van der Waals surface area contributed by atoms with Gasteiger partial charge in [-0.25, -0.2) is 4.79 Å². The third kappa shape index (κ3) is 5.48. The number of nitrogens with zero attached hydrogens (tertiary/aromatic N) is 1. The largest absolute Gasteiger partial charge is 0.491 e. The van der Waals surface area contributed by atoms with E-state index in [0.29, 0.717) is 23.6 Å². The molecular formula is C15H24N2O3. The Labute approximate surface area is 120 Å². The van der Waals surface area contributed by atoms with Gasteiger partial charge in [-0.15, -0.1) is 0 Å². The molecule has 0 aromatic heterocycles. The molecule has 112 valence electrons. The molecule has 0 radical (unpaired) electrons. The second kappa shape index (κ2) is 7.75. The van der Waals surface area contributed by atoms with Crippen LogP contribution in [0, 0.1) is 0 Å². The average molecular weight is 280 g/mol. The molecule has 0 aliphatic heterocycles. The van der Waals surface area contributed by atoms with Crippen molar-refractivity contribution in [1.29, 1.82) is 0 Å². The maximum atomic E-state index is 11.7. The zero-order chi connectivity index (χ0) is 15.1. The number of nitrogens with two attached hydrogens (primary N) is 1. The van der Waals surface area contributed by atoms with Crippen molar-refractivity contribution in [3.8, 4) is 5.75 Å². The molecule has 1 aromatic carbocycles. The Morgan fingerprint density at radius 1 is 1.35 bits per heavy atom. The van der Waals surface area contributed by atoms with E-state index in [2.05, 4.69) is 4.90 Å². The second-order valence-corrected chi connectivity index (χ2v) is 5.21. The van der Waals surface area contributed by atoms with Gasteiger partial charge in [0.2, 0.25) is 0 Å². The van der Waals surface area contributed by atoms with Crippen molar-refractivity contribution in [2.75, 3.05) is 33.0 Å². The Balaban J connectivity index is 2.57. The number of hydrogen-bond acceptors (Lipinski definition) is 5. The molecule has 0 atom stereocenters. The Kier molecular flexibility index (Phi) is 6.31. The van der Waals surface area contributed by atoms with Gasteiger partial charge in [0.05, 0.1) is 24.0 Å². The van der Waals surface area contributed by atoms with Crippen molar-refractivity contribution < 1.29 is 14.3 Å². The summed E-state index contributed by atoms with van der Waals surface area (Å²) in [4.78, 5) is 13.8. The van der Waals surface area contributed by atoms with Crippen molar-refractivity contribution in [2.24, 2.45) is 0 Å². The lowest BCUT2D eigenvalue weighted by molar-refractivity contribution is 0.0378. The zero-order valence-corrected chi connectivity index (χ0v) is 12.7. The van der Waals surface area contributed by atoms with Gasteiger partial charge in [0.1, 0.15) is 5.75 Å². The second-order valence-electron chi connectivity index (χ2n) is 5.21. The molecule has 0 aliphatic carbocycles. The summed E-state index contributed by atoms with van der Waals surface area (Å²) in [5.74, 6) is 0.232. The molecule has 0 spiro atoms. The van der Waals surface area contributed by atoms with Crippen LogP contribution < -0.4 is 10.5 Å². The number of esters is 1. The minimum atomic E-state index is -0.370. The van der Waals surface area contributed by atoms with E-state index in [4.69, 9.17) is 15.2 Å². The van der Waals surface area contributed by atoms with Gasteiger partial charge < -0.3 is 20.1 Å². The molecule has 0 heterocycles. The van der Waals surface area contributed by atoms with Crippen molar-refractivity contribution >= 4 is 11.7 Å². The van der Waals surface area contributed by atoms with E-state index in [1.165, 1.54) is 0 Å². The summed E-state index contributed by atoms with van der Waals surface area (Å²) in [6.45, 7) is 5.17. The van der Waals surface area contributed by atoms with Crippen LogP contribution in [0.1, 0.15) is 30.6 Å². The number of benzene rings is 1. The van der Waals surface area contributed by atoms with Gasteiger partial charge >= 0.3 is 5.97 Å². The summed E-state index contributed by atoms with van der Waals surface area (Å²) < 4.78 is 10.7. The summed E-state index contributed by atoms with van der Waals surface area (Å²) >= 11 is 0. The van der Waals surface area contributed by atoms with E-state index >= 15 is 0 Å². The van der Waals surface area contributed by atoms with E-state index in [-0.39, 0.29) is 12.1 Å². The Morgan fingerprint density at radius 3 is 2.60 bits per heavy atom. The highest BCUT2D eigenvalue weighted by Crippen LogP contribution is 2.23. The summed E-state index contributed by atoms with van der Waals surface area (Å²) in [5, 5.41) is 0. The van der Waals surface area contributed by atoms with Gasteiger partial charge in [0.25, 0.3) is 0 Å². The zero-order valence-electron chi connectivity index (χ0n) is 12.7. The fourth-order valence-electron chi connectivity index (χ4n) is 1.65. The highest BCUT2D eigenvalue weighted by molar-refractivity contribution is 5.91. The normalized spacial score (nSPS) is 10.9. The van der Waals surface area contributed by atoms with E-state index < -0.39 is 0 Å². The fraction of sp³-hybridized carbons (Fsp3) is 0.533. The fourth-order valence-corrected chi connectivity index (χ4v) is 1.65. The van der Waals surface area contributed by atoms with Crippen LogP contribution >= 0.6 is 0 Å². The van der Waals surface area contributed by atoms with Crippen LogP contribution in [-0.4, -0.2) is 44.2 Å². The monoisotopic (exact) mass is 280 g/mol. The van der Waals surface area contributed by atoms with Gasteiger partial charge in [-0.3, -0.25) is 0 Å². The standard InChI is InChI=1S/C15H24N2O3/c1-11(2)20-15(18)12-6-7-14(13(16)10-12)19-9-5-8-17(3)4/h6-7,10-11H,5,8-9,16H2,1-4H3. The predicted molar refractivity (Wildman–Crippen MR) is 80.1 cm³/mol. The summed E-state index contributed by atoms with van der Waals surface area (Å²) in [5.41, 5.74) is 6.78. The molecule has 0 saturated carbocycles. The molecule has 5 heteroatoms. The van der Waals surface area contributed by atoms with Gasteiger partial charge in [0.15, 0.2) is 0 Å². The summed E-state index contributed by atoms with van der Waals surface area (Å²) in [6.07, 6.45) is 0.773. The van der Waals surface area contributed by atoms with Gasteiger partial charge in [-0.05, 0) is 52.6 Å². The minimum absolute atomic E-state index is 0.148. The molecule has 20 heavy (non-hydrogen) atoms. The summed E-state index contributed by atoms with van der Waals surface area (Å²) in [7, 11) is 4.03. The quantitative estimate of drug-likeness (QED) is 0.471. The van der Waals surface area contributed by atoms with Crippen molar-refractivity contribution in [2.45, 2.75) is 26.4 Å². The molecule has 5 nitrogen and oxygen atoms in total. The van der Waals surface area contributed by atoms with Crippen LogP contribution in [0.25, 0.3) is 0 Å². The highest BCUT2D eigenvalue weighted by Gasteiger charge is 2.11. The number of ether oxygens (including phenoxy) is 2. The van der Waals surface area contributed by atoms with Crippen LogP contribution in [0.4, 0.5) is 5.69 Å². The highest BCUT2D eigenvalue weighted by atomic mass is 16.5. The third-order valence-corrected chi connectivity index (χ3v) is 2.60. The number of nitrogen functional groups attached to an aromatic ring is 1. The average Bonchev–Trinajstić information content (AvgIpc) is 2.34. The van der Waals surface area contributed by atoms with E-state index in [1.54, 1.807) is 18.2 Å². The lowest BCUT2D eigenvalue weighted by Crippen LogP contribution is -2.16. The Bertz CT molecular complexity index is 445. The number of anilines is 1. The van der Waals surface area contributed by atoms with Crippen molar-refractivity contribution in [3.63, 3.8) is 0 Å². The van der Waals surface area contributed by atoms with Gasteiger partial charge in [-0.2, -0.15) is 0 Å². The molecular weight excluding hydrogens is 256 g/mol.